The number of amides is 1. The summed E-state index contributed by atoms with van der Waals surface area (Å²) in [5, 5.41) is 6.42. The predicted molar refractivity (Wildman–Crippen MR) is 121 cm³/mol. The number of nitrogens with one attached hydrogen (secondary N) is 2. The summed E-state index contributed by atoms with van der Waals surface area (Å²) < 4.78 is 37.8. The minimum absolute atomic E-state index is 0.0315. The summed E-state index contributed by atoms with van der Waals surface area (Å²) >= 11 is 1.24. The summed E-state index contributed by atoms with van der Waals surface area (Å²) in [5.74, 6) is 0.357. The van der Waals surface area contributed by atoms with Gasteiger partial charge in [-0.2, -0.15) is 0 Å². The molecule has 9 nitrogen and oxygen atoms in total. The van der Waals surface area contributed by atoms with Gasteiger partial charge in [0.05, 0.1) is 10.1 Å². The number of hydrogen-bond acceptors (Lipinski definition) is 8. The van der Waals surface area contributed by atoms with Crippen LogP contribution in [-0.2, 0) is 14.8 Å². The van der Waals surface area contributed by atoms with Crippen molar-refractivity contribution in [1.29, 1.82) is 0 Å². The molecule has 0 saturated heterocycles. The number of rotatable bonds is 8. The van der Waals surface area contributed by atoms with Gasteiger partial charge in [-0.05, 0) is 49.7 Å². The summed E-state index contributed by atoms with van der Waals surface area (Å²) in [6.07, 6.45) is 0.558. The third-order valence-corrected chi connectivity index (χ3v) is 7.06. The van der Waals surface area contributed by atoms with Gasteiger partial charge in [0.1, 0.15) is 11.3 Å². The summed E-state index contributed by atoms with van der Waals surface area (Å²) in [6.45, 7) is 3.56. The molecule has 0 aliphatic heterocycles. The van der Waals surface area contributed by atoms with Crippen LogP contribution in [0.1, 0.15) is 19.1 Å². The lowest BCUT2D eigenvalue weighted by Gasteiger charge is -2.13. The van der Waals surface area contributed by atoms with E-state index in [2.05, 4.69) is 20.2 Å². The lowest BCUT2D eigenvalue weighted by atomic mass is 10.3. The minimum atomic E-state index is -3.83. The Balaban J connectivity index is 1.41. The van der Waals surface area contributed by atoms with Gasteiger partial charge in [0.25, 0.3) is 15.2 Å². The molecule has 2 heterocycles. The number of fused-ring (bicyclic) bond motifs is 1. The molecule has 0 spiro atoms. The van der Waals surface area contributed by atoms with E-state index in [0.29, 0.717) is 28.7 Å². The van der Waals surface area contributed by atoms with E-state index in [1.54, 1.807) is 6.92 Å². The zero-order valence-electron chi connectivity index (χ0n) is 17.2. The zero-order chi connectivity index (χ0) is 22.7. The van der Waals surface area contributed by atoms with E-state index in [0.717, 1.165) is 5.52 Å². The van der Waals surface area contributed by atoms with Crippen molar-refractivity contribution in [2.75, 3.05) is 10.0 Å². The van der Waals surface area contributed by atoms with Crippen LogP contribution in [0.5, 0.6) is 0 Å². The first-order chi connectivity index (χ1) is 15.3. The molecule has 32 heavy (non-hydrogen) atoms. The number of carbonyl (C=O) groups excluding carboxylic acids is 1. The first kappa shape index (κ1) is 21.9. The molecule has 0 fully saturated rings. The molecule has 0 aliphatic rings. The number of para-hydroxylation sites is 2. The van der Waals surface area contributed by atoms with Crippen molar-refractivity contribution in [3.63, 3.8) is 0 Å². The third kappa shape index (κ3) is 4.94. The predicted octanol–water partition coefficient (Wildman–Crippen LogP) is 4.43. The van der Waals surface area contributed by atoms with Gasteiger partial charge in [-0.25, -0.2) is 13.4 Å². The molecule has 0 saturated carbocycles. The van der Waals surface area contributed by atoms with E-state index < -0.39 is 15.3 Å². The molecule has 0 radical (unpaired) electrons. The smallest absolute Gasteiger partial charge is 0.263 e. The second-order valence-corrected chi connectivity index (χ2v) is 9.74. The fourth-order valence-corrected chi connectivity index (χ4v) is 4.75. The Morgan fingerprint density at radius 3 is 2.56 bits per heavy atom. The molecular formula is C21H20N4O5S2. The number of oxazole rings is 1. The van der Waals surface area contributed by atoms with E-state index in [1.807, 2.05) is 31.2 Å². The monoisotopic (exact) mass is 472 g/mol. The highest BCUT2D eigenvalue weighted by Crippen LogP contribution is 2.29. The van der Waals surface area contributed by atoms with Crippen LogP contribution in [0.3, 0.4) is 0 Å². The van der Waals surface area contributed by atoms with Crippen LogP contribution in [0, 0.1) is 6.92 Å². The topological polar surface area (TPSA) is 127 Å². The second kappa shape index (κ2) is 9.05. The Bertz CT molecular complexity index is 1310. The average molecular weight is 473 g/mol. The maximum Gasteiger partial charge on any atom is 0.263 e. The largest absolute Gasteiger partial charge is 0.431 e. The number of nitrogens with zero attached hydrogens (tertiary/aromatic N) is 2. The van der Waals surface area contributed by atoms with Gasteiger partial charge in [-0.15, -0.1) is 0 Å². The van der Waals surface area contributed by atoms with Crippen LogP contribution in [0.2, 0.25) is 0 Å². The lowest BCUT2D eigenvalue weighted by molar-refractivity contribution is -0.115. The molecule has 11 heteroatoms. The van der Waals surface area contributed by atoms with Crippen LogP contribution in [0.4, 0.5) is 11.5 Å². The van der Waals surface area contributed by atoms with Crippen molar-refractivity contribution >= 4 is 50.3 Å². The quantitative estimate of drug-likeness (QED) is 0.360. The summed E-state index contributed by atoms with van der Waals surface area (Å²) in [5.41, 5.74) is 1.87. The lowest BCUT2D eigenvalue weighted by Crippen LogP contribution is -2.24. The van der Waals surface area contributed by atoms with Gasteiger partial charge in [0.15, 0.2) is 11.4 Å². The standard InChI is InChI=1S/C21H20N4O5S2/c1-3-18(31-21-23-16-6-4-5-7-17(16)29-21)20(26)22-14-8-10-15(11-9-14)32(27,28)25-19-12-13(2)30-24-19/h4-12,18H,3H2,1-2H3,(H,22,26)(H,24,25). The number of benzene rings is 2. The number of aryl methyl sites for hydroxylation is 1. The number of sulfonamides is 1. The van der Waals surface area contributed by atoms with Gasteiger partial charge < -0.3 is 14.3 Å². The highest BCUT2D eigenvalue weighted by atomic mass is 32.2. The normalized spacial score (nSPS) is 12.6. The highest BCUT2D eigenvalue weighted by molar-refractivity contribution is 8.00. The van der Waals surface area contributed by atoms with Crippen molar-refractivity contribution in [3.8, 4) is 0 Å². The van der Waals surface area contributed by atoms with Crippen LogP contribution in [-0.4, -0.2) is 29.7 Å². The fraction of sp³-hybridized carbons (Fsp3) is 0.190. The van der Waals surface area contributed by atoms with Gasteiger partial charge in [0.2, 0.25) is 5.91 Å². The molecule has 0 aliphatic carbocycles. The van der Waals surface area contributed by atoms with E-state index >= 15 is 0 Å². The van der Waals surface area contributed by atoms with Crippen molar-refractivity contribution in [3.05, 3.63) is 60.4 Å². The van der Waals surface area contributed by atoms with Crippen molar-refractivity contribution in [1.82, 2.24) is 10.1 Å². The summed E-state index contributed by atoms with van der Waals surface area (Å²) in [4.78, 5) is 17.2. The Morgan fingerprint density at radius 2 is 1.91 bits per heavy atom. The number of aromatic nitrogens is 2. The fourth-order valence-electron chi connectivity index (χ4n) is 2.90. The van der Waals surface area contributed by atoms with Crippen molar-refractivity contribution in [2.45, 2.75) is 35.6 Å². The molecule has 2 aromatic heterocycles. The molecule has 0 bridgehead atoms. The first-order valence-electron chi connectivity index (χ1n) is 9.73. The van der Waals surface area contributed by atoms with Crippen LogP contribution in [0.25, 0.3) is 11.1 Å². The zero-order valence-corrected chi connectivity index (χ0v) is 18.9. The maximum atomic E-state index is 12.7. The Morgan fingerprint density at radius 1 is 1.16 bits per heavy atom. The Hall–Kier alpha value is -3.31. The third-order valence-electron chi connectivity index (χ3n) is 4.48. The molecule has 2 N–H and O–H groups in total. The molecule has 4 aromatic rings. The molecule has 1 unspecified atom stereocenters. The van der Waals surface area contributed by atoms with E-state index in [4.69, 9.17) is 8.94 Å². The van der Waals surface area contributed by atoms with Crippen molar-refractivity contribution < 1.29 is 22.2 Å². The van der Waals surface area contributed by atoms with E-state index in [-0.39, 0.29) is 16.6 Å². The second-order valence-electron chi connectivity index (χ2n) is 6.90. The van der Waals surface area contributed by atoms with Crippen LogP contribution in [0.15, 0.2) is 73.7 Å². The summed E-state index contributed by atoms with van der Waals surface area (Å²) in [6, 6.07) is 14.7. The van der Waals surface area contributed by atoms with Gasteiger partial charge in [0, 0.05) is 11.8 Å². The van der Waals surface area contributed by atoms with Crippen molar-refractivity contribution in [2.24, 2.45) is 0 Å². The SMILES string of the molecule is CCC(Sc1nc2ccccc2o1)C(=O)Nc1ccc(S(=O)(=O)Nc2cc(C)on2)cc1. The van der Waals surface area contributed by atoms with Gasteiger partial charge in [-0.3, -0.25) is 9.52 Å². The Labute approximate surface area is 188 Å². The van der Waals surface area contributed by atoms with E-state index in [1.165, 1.54) is 42.1 Å². The molecule has 166 valence electrons. The number of thioether (sulfide) groups is 1. The number of carbonyl (C=O) groups is 1. The number of anilines is 2. The molecule has 1 amide bonds. The highest BCUT2D eigenvalue weighted by Gasteiger charge is 2.22. The summed E-state index contributed by atoms with van der Waals surface area (Å²) in [7, 11) is -3.83. The van der Waals surface area contributed by atoms with E-state index in [9.17, 15) is 13.2 Å². The molecule has 2 aromatic carbocycles. The van der Waals surface area contributed by atoms with Crippen LogP contribution < -0.4 is 10.0 Å². The molecular weight excluding hydrogens is 452 g/mol. The number of hydrogen-bond donors (Lipinski definition) is 2. The Kier molecular flexibility index (Phi) is 6.19. The van der Waals surface area contributed by atoms with Gasteiger partial charge in [-0.1, -0.05) is 36.0 Å². The average Bonchev–Trinajstić information content (AvgIpc) is 3.37. The maximum absolute atomic E-state index is 12.7. The molecule has 1 atom stereocenters. The molecule has 4 rings (SSSR count). The van der Waals surface area contributed by atoms with Crippen LogP contribution >= 0.6 is 11.8 Å². The first-order valence-corrected chi connectivity index (χ1v) is 12.1. The minimum Gasteiger partial charge on any atom is -0.431 e. The van der Waals surface area contributed by atoms with Gasteiger partial charge >= 0.3 is 0 Å².